The summed E-state index contributed by atoms with van der Waals surface area (Å²) in [6.07, 6.45) is 2.71. The molecule has 2 heterocycles. The minimum absolute atomic E-state index is 0.236. The fourth-order valence-electron chi connectivity index (χ4n) is 1.53. The summed E-state index contributed by atoms with van der Waals surface area (Å²) >= 11 is 6.24. The molecule has 0 aromatic carbocycles. The van der Waals surface area contributed by atoms with E-state index < -0.39 is 10.0 Å². The number of hydrogen-bond donors (Lipinski definition) is 1. The molecule has 2 rings (SSSR count). The van der Waals surface area contributed by atoms with E-state index in [0.29, 0.717) is 4.90 Å². The van der Waals surface area contributed by atoms with Gasteiger partial charge in [0, 0.05) is 16.0 Å². The predicted molar refractivity (Wildman–Crippen MR) is 82.3 cm³/mol. The molecule has 0 spiro atoms. The molecular weight excluding hydrogens is 368 g/mol. The summed E-state index contributed by atoms with van der Waals surface area (Å²) in [5.74, 6) is 0. The number of nitrogens with one attached hydrogen (secondary N) is 1. The fraction of sp³-hybridized carbons (Fsp3) is 0.364. The maximum absolute atomic E-state index is 12.2. The molecular formula is C11H13BrN2O2S3. The Morgan fingerprint density at radius 2 is 2.16 bits per heavy atom. The van der Waals surface area contributed by atoms with Crippen molar-refractivity contribution in [1.82, 2.24) is 9.71 Å². The highest BCUT2D eigenvalue weighted by atomic mass is 79.9. The van der Waals surface area contributed by atoms with Gasteiger partial charge in [0.05, 0.1) is 15.2 Å². The molecule has 4 nitrogen and oxygen atoms in total. The number of aromatic nitrogens is 1. The molecule has 8 heteroatoms. The Morgan fingerprint density at radius 1 is 1.42 bits per heavy atom. The van der Waals surface area contributed by atoms with Gasteiger partial charge in [-0.3, -0.25) is 0 Å². The Hall–Kier alpha value is -0.280. The van der Waals surface area contributed by atoms with Gasteiger partial charge in [0.2, 0.25) is 10.0 Å². The van der Waals surface area contributed by atoms with E-state index in [-0.39, 0.29) is 6.54 Å². The first-order chi connectivity index (χ1) is 8.92. The van der Waals surface area contributed by atoms with Gasteiger partial charge in [-0.1, -0.05) is 6.92 Å². The normalized spacial score (nSPS) is 11.9. The molecule has 0 atom stereocenters. The molecule has 0 saturated carbocycles. The lowest BCUT2D eigenvalue weighted by Gasteiger charge is -2.04. The molecule has 0 aliphatic heterocycles. The molecule has 0 unspecified atom stereocenters. The van der Waals surface area contributed by atoms with Crippen LogP contribution < -0.4 is 4.72 Å². The molecule has 0 amide bonds. The van der Waals surface area contributed by atoms with Crippen LogP contribution in [0.25, 0.3) is 0 Å². The van der Waals surface area contributed by atoms with Gasteiger partial charge in [0.25, 0.3) is 0 Å². The molecule has 104 valence electrons. The summed E-state index contributed by atoms with van der Waals surface area (Å²) in [5.41, 5.74) is 0. The van der Waals surface area contributed by atoms with E-state index >= 15 is 0 Å². The van der Waals surface area contributed by atoms with Gasteiger partial charge in [-0.25, -0.2) is 18.1 Å². The zero-order valence-electron chi connectivity index (χ0n) is 10.4. The average Bonchev–Trinajstić information content (AvgIpc) is 2.93. The second-order valence-electron chi connectivity index (χ2n) is 3.87. The van der Waals surface area contributed by atoms with Gasteiger partial charge in [-0.2, -0.15) is 0 Å². The average molecular weight is 381 g/mol. The fourth-order valence-corrected chi connectivity index (χ4v) is 5.82. The summed E-state index contributed by atoms with van der Waals surface area (Å²) < 4.78 is 27.7. The van der Waals surface area contributed by atoms with Crippen LogP contribution in [0.15, 0.2) is 20.9 Å². The van der Waals surface area contributed by atoms with Gasteiger partial charge in [0.1, 0.15) is 5.01 Å². The van der Waals surface area contributed by atoms with Crippen LogP contribution in [0.1, 0.15) is 21.7 Å². The van der Waals surface area contributed by atoms with Crippen molar-refractivity contribution in [2.75, 3.05) is 0 Å². The van der Waals surface area contributed by atoms with Crippen LogP contribution >= 0.6 is 38.6 Å². The highest BCUT2D eigenvalue weighted by molar-refractivity contribution is 9.11. The Labute approximate surface area is 129 Å². The van der Waals surface area contributed by atoms with Crippen molar-refractivity contribution in [1.29, 1.82) is 0 Å². The smallest absolute Gasteiger partial charge is 0.242 e. The van der Waals surface area contributed by atoms with Crippen molar-refractivity contribution in [2.45, 2.75) is 31.7 Å². The highest BCUT2D eigenvalue weighted by Crippen LogP contribution is 2.29. The summed E-state index contributed by atoms with van der Waals surface area (Å²) in [4.78, 5) is 6.45. The molecule has 0 fully saturated rings. The highest BCUT2D eigenvalue weighted by Gasteiger charge is 2.19. The number of rotatable bonds is 5. The Balaban J connectivity index is 2.11. The third-order valence-electron chi connectivity index (χ3n) is 2.49. The Morgan fingerprint density at radius 3 is 2.68 bits per heavy atom. The summed E-state index contributed by atoms with van der Waals surface area (Å²) in [7, 11) is -3.47. The zero-order chi connectivity index (χ0) is 14.0. The van der Waals surface area contributed by atoms with Crippen molar-refractivity contribution in [3.63, 3.8) is 0 Å². The van der Waals surface area contributed by atoms with Crippen molar-refractivity contribution in [3.05, 3.63) is 30.8 Å². The topological polar surface area (TPSA) is 59.1 Å². The molecule has 0 aliphatic carbocycles. The molecule has 0 saturated heterocycles. The molecule has 19 heavy (non-hydrogen) atoms. The minimum Gasteiger partial charge on any atom is -0.248 e. The quantitative estimate of drug-likeness (QED) is 0.865. The van der Waals surface area contributed by atoms with Crippen LogP contribution in [-0.2, 0) is 23.0 Å². The van der Waals surface area contributed by atoms with Crippen LogP contribution in [0.5, 0.6) is 0 Å². The maximum Gasteiger partial charge on any atom is 0.242 e. The van der Waals surface area contributed by atoms with E-state index in [1.54, 1.807) is 19.2 Å². The maximum atomic E-state index is 12.2. The third kappa shape index (κ3) is 3.63. The van der Waals surface area contributed by atoms with Crippen LogP contribution in [0.2, 0.25) is 0 Å². The summed E-state index contributed by atoms with van der Waals surface area (Å²) in [6, 6.07) is 1.63. The van der Waals surface area contributed by atoms with Crippen LogP contribution in [0.4, 0.5) is 0 Å². The summed E-state index contributed by atoms with van der Waals surface area (Å²) in [5, 5.41) is 0.785. The van der Waals surface area contributed by atoms with Gasteiger partial charge in [0.15, 0.2) is 0 Å². The monoisotopic (exact) mass is 380 g/mol. The molecule has 2 aromatic heterocycles. The largest absolute Gasteiger partial charge is 0.248 e. The lowest BCUT2D eigenvalue weighted by Crippen LogP contribution is -2.23. The number of hydrogen-bond acceptors (Lipinski definition) is 5. The number of thiazole rings is 1. The van der Waals surface area contributed by atoms with Crippen molar-refractivity contribution in [3.8, 4) is 0 Å². The molecule has 0 bridgehead atoms. The standard InChI is InChI=1S/C11H13BrN2O2S3/c1-3-8-5-13-11(18-8)6-14-19(15,16)9-4-10(12)17-7(9)2/h4-5,14H,3,6H2,1-2H3. The van der Waals surface area contributed by atoms with E-state index in [1.165, 1.54) is 22.7 Å². The number of aryl methyl sites for hydroxylation is 2. The van der Waals surface area contributed by atoms with E-state index in [4.69, 9.17) is 0 Å². The van der Waals surface area contributed by atoms with Crippen molar-refractivity contribution in [2.24, 2.45) is 0 Å². The van der Waals surface area contributed by atoms with E-state index in [2.05, 4.69) is 25.6 Å². The lowest BCUT2D eigenvalue weighted by atomic mass is 10.4. The first-order valence-corrected chi connectivity index (χ1v) is 9.52. The van der Waals surface area contributed by atoms with Crippen LogP contribution in [-0.4, -0.2) is 13.4 Å². The number of nitrogens with zero attached hydrogens (tertiary/aromatic N) is 1. The van der Waals surface area contributed by atoms with E-state index in [9.17, 15) is 8.42 Å². The van der Waals surface area contributed by atoms with Gasteiger partial charge < -0.3 is 0 Å². The van der Waals surface area contributed by atoms with Gasteiger partial charge >= 0.3 is 0 Å². The number of sulfonamides is 1. The van der Waals surface area contributed by atoms with Crippen molar-refractivity contribution >= 4 is 48.6 Å². The first kappa shape index (κ1) is 15.1. The second kappa shape index (κ2) is 6.01. The molecule has 0 aliphatic rings. The molecule has 1 N–H and O–H groups in total. The predicted octanol–water partition coefficient (Wildman–Crippen LogP) is 3.32. The van der Waals surface area contributed by atoms with Crippen molar-refractivity contribution < 1.29 is 8.42 Å². The second-order valence-corrected chi connectivity index (χ2v) is 9.44. The minimum atomic E-state index is -3.47. The Bertz CT molecular complexity index is 676. The first-order valence-electron chi connectivity index (χ1n) is 5.61. The zero-order valence-corrected chi connectivity index (χ0v) is 14.5. The van der Waals surface area contributed by atoms with E-state index in [1.807, 2.05) is 6.92 Å². The van der Waals surface area contributed by atoms with E-state index in [0.717, 1.165) is 25.0 Å². The lowest BCUT2D eigenvalue weighted by molar-refractivity contribution is 0.581. The Kier molecular flexibility index (Phi) is 4.78. The van der Waals surface area contributed by atoms with Crippen LogP contribution in [0.3, 0.4) is 0 Å². The van der Waals surface area contributed by atoms with Gasteiger partial charge in [-0.05, 0) is 35.3 Å². The molecule has 0 radical (unpaired) electrons. The SMILES string of the molecule is CCc1cnc(CNS(=O)(=O)c2cc(Br)sc2C)s1. The number of halogens is 1. The van der Waals surface area contributed by atoms with Gasteiger partial charge in [-0.15, -0.1) is 22.7 Å². The third-order valence-corrected chi connectivity index (χ3v) is 6.85. The molecule has 2 aromatic rings. The number of thiophene rings is 1. The summed E-state index contributed by atoms with van der Waals surface area (Å²) in [6.45, 7) is 4.08. The van der Waals surface area contributed by atoms with Crippen LogP contribution in [0, 0.1) is 6.92 Å².